The second kappa shape index (κ2) is 18.7. The molecule has 2 fully saturated rings. The molecule has 2 unspecified atom stereocenters. The van der Waals surface area contributed by atoms with E-state index in [1.54, 1.807) is 18.7 Å². The van der Waals surface area contributed by atoms with Crippen molar-refractivity contribution in [2.45, 2.75) is 85.0 Å². The third-order valence-electron chi connectivity index (χ3n) is 6.60. The fourth-order valence-corrected chi connectivity index (χ4v) is 4.41. The number of ether oxygens (including phenoxy) is 1. The number of aliphatic hydroxyl groups excluding tert-OH is 1. The van der Waals surface area contributed by atoms with E-state index in [1.165, 1.54) is 0 Å². The highest BCUT2D eigenvalue weighted by Crippen LogP contribution is 2.30. The summed E-state index contributed by atoms with van der Waals surface area (Å²) < 4.78 is 5.39. The molecule has 1 aromatic rings. The lowest BCUT2D eigenvalue weighted by Crippen LogP contribution is -2.66. The van der Waals surface area contributed by atoms with E-state index in [1.807, 2.05) is 58.0 Å². The van der Waals surface area contributed by atoms with E-state index in [0.29, 0.717) is 39.1 Å². The van der Waals surface area contributed by atoms with Crippen molar-refractivity contribution in [1.29, 1.82) is 0 Å². The Hall–Kier alpha value is -2.57. The zero-order valence-corrected chi connectivity index (χ0v) is 24.5. The molecule has 2 aliphatic heterocycles. The molecule has 3 rings (SSSR count). The van der Waals surface area contributed by atoms with Crippen molar-refractivity contribution in [2.24, 2.45) is 0 Å². The summed E-state index contributed by atoms with van der Waals surface area (Å²) in [7, 11) is 0. The van der Waals surface area contributed by atoms with Crippen LogP contribution in [0.2, 0.25) is 0 Å². The number of nitrogens with one attached hydrogen (secondary N) is 3. The number of hydrogen-bond donors (Lipinski definition) is 4. The molecule has 39 heavy (non-hydrogen) atoms. The second-order valence-electron chi connectivity index (χ2n) is 9.21. The van der Waals surface area contributed by atoms with Gasteiger partial charge in [-0.3, -0.25) is 24.1 Å². The summed E-state index contributed by atoms with van der Waals surface area (Å²) >= 11 is 0. The van der Waals surface area contributed by atoms with Crippen molar-refractivity contribution in [3.05, 3.63) is 35.9 Å². The predicted molar refractivity (Wildman–Crippen MR) is 150 cm³/mol. The van der Waals surface area contributed by atoms with Crippen molar-refractivity contribution < 1.29 is 29.1 Å². The van der Waals surface area contributed by atoms with Gasteiger partial charge in [0.25, 0.3) is 5.91 Å². The largest absolute Gasteiger partial charge is 0.461 e. The quantitative estimate of drug-likeness (QED) is 0.184. The van der Waals surface area contributed by atoms with Crippen molar-refractivity contribution >= 4 is 17.8 Å². The van der Waals surface area contributed by atoms with Crippen LogP contribution in [-0.2, 0) is 30.5 Å². The number of rotatable bonds is 11. The van der Waals surface area contributed by atoms with Crippen LogP contribution in [0.3, 0.4) is 0 Å². The number of carbonyl (C=O) groups is 3. The van der Waals surface area contributed by atoms with Crippen LogP contribution in [0.4, 0.5) is 0 Å². The third-order valence-corrected chi connectivity index (χ3v) is 6.60. The number of amides is 2. The van der Waals surface area contributed by atoms with Gasteiger partial charge in [0.15, 0.2) is 0 Å². The predicted octanol–water partition coefficient (Wildman–Crippen LogP) is 1.76. The van der Waals surface area contributed by atoms with E-state index >= 15 is 0 Å². The van der Waals surface area contributed by atoms with Crippen LogP contribution < -0.4 is 16.3 Å². The molecule has 2 saturated heterocycles. The van der Waals surface area contributed by atoms with Gasteiger partial charge in [0, 0.05) is 39.3 Å². The van der Waals surface area contributed by atoms with Gasteiger partial charge in [-0.05, 0) is 38.7 Å². The number of esters is 1. The summed E-state index contributed by atoms with van der Waals surface area (Å²) in [5.41, 5.74) is 5.57. The maximum atomic E-state index is 12.9. The fraction of sp³-hybridized carbons (Fsp3) is 0.679. The molecule has 0 saturated carbocycles. The number of piperazine rings is 1. The van der Waals surface area contributed by atoms with E-state index < -0.39 is 11.6 Å². The minimum atomic E-state index is -0.733. The number of benzene rings is 1. The maximum absolute atomic E-state index is 12.9. The van der Waals surface area contributed by atoms with Gasteiger partial charge in [-0.25, -0.2) is 5.43 Å². The lowest BCUT2D eigenvalue weighted by molar-refractivity contribution is -0.154. The van der Waals surface area contributed by atoms with Crippen LogP contribution in [-0.4, -0.2) is 89.8 Å². The molecule has 2 amide bonds. The molecule has 0 aromatic heterocycles. The lowest BCUT2D eigenvalue weighted by atomic mass is 9.91. The van der Waals surface area contributed by atoms with Gasteiger partial charge in [-0.1, -0.05) is 58.0 Å². The highest BCUT2D eigenvalue weighted by Gasteiger charge is 2.51. The molecular formula is C28H49N5O6. The molecule has 0 aliphatic carbocycles. The van der Waals surface area contributed by atoms with Crippen LogP contribution in [0.1, 0.15) is 66.4 Å². The van der Waals surface area contributed by atoms with E-state index in [2.05, 4.69) is 21.2 Å². The molecule has 1 spiro atoms. The van der Waals surface area contributed by atoms with Crippen LogP contribution >= 0.6 is 0 Å². The SMILES string of the molecule is CC.CCC(CC)OC(=O)C(C)NNOCC(=O)N1CCN(Cc2ccccc2)C2(CCNC2=O)C1.CCO. The van der Waals surface area contributed by atoms with Gasteiger partial charge in [-0.2, -0.15) is 0 Å². The zero-order chi connectivity index (χ0) is 29.3. The van der Waals surface area contributed by atoms with E-state index in [-0.39, 0.29) is 37.1 Å². The van der Waals surface area contributed by atoms with Gasteiger partial charge in [0.1, 0.15) is 24.3 Å². The van der Waals surface area contributed by atoms with Gasteiger partial charge in [0.2, 0.25) is 5.91 Å². The first-order valence-electron chi connectivity index (χ1n) is 14.1. The van der Waals surface area contributed by atoms with Crippen molar-refractivity contribution in [1.82, 2.24) is 26.1 Å². The van der Waals surface area contributed by atoms with E-state index in [9.17, 15) is 14.4 Å². The molecule has 4 N–H and O–H groups in total. The summed E-state index contributed by atoms with van der Waals surface area (Å²) in [5.74, 6) is -0.647. The number of carbonyl (C=O) groups excluding carboxylic acids is 3. The first-order valence-corrected chi connectivity index (χ1v) is 14.1. The molecular weight excluding hydrogens is 502 g/mol. The Labute approximate surface area is 233 Å². The molecule has 2 heterocycles. The number of nitrogens with zero attached hydrogens (tertiary/aromatic N) is 2. The Morgan fingerprint density at radius 2 is 1.77 bits per heavy atom. The Kier molecular flexibility index (Phi) is 16.5. The molecule has 2 aliphatic rings. The highest BCUT2D eigenvalue weighted by molar-refractivity contribution is 5.90. The fourth-order valence-electron chi connectivity index (χ4n) is 4.41. The number of aliphatic hydroxyl groups is 1. The standard InChI is InChI=1S/C24H37N5O5.C2H6O.C2H6/c1-4-20(5-2)34-22(31)18(3)26-27-33-16-21(30)28-13-14-29(15-19-9-7-6-8-10-19)24(17-28)11-12-25-23(24)32;1-2-3;1-2/h6-10,18,20,26-27H,4-5,11-17H2,1-3H3,(H,25,32);3H,2H2,1H3;1-2H3. The molecule has 0 bridgehead atoms. The molecule has 11 heteroatoms. The highest BCUT2D eigenvalue weighted by atomic mass is 16.7. The second-order valence-corrected chi connectivity index (χ2v) is 9.21. The van der Waals surface area contributed by atoms with Crippen LogP contribution in [0.5, 0.6) is 0 Å². The smallest absolute Gasteiger partial charge is 0.324 e. The Bertz CT molecular complexity index is 854. The Morgan fingerprint density at radius 3 is 2.33 bits per heavy atom. The first-order chi connectivity index (χ1) is 18.8. The minimum Gasteiger partial charge on any atom is -0.461 e. The Balaban J connectivity index is 0.00000142. The normalized spacial score (nSPS) is 19.5. The monoisotopic (exact) mass is 551 g/mol. The summed E-state index contributed by atoms with van der Waals surface area (Å²) in [6, 6.07) is 9.40. The summed E-state index contributed by atoms with van der Waals surface area (Å²) in [5, 5.41) is 10.5. The average molecular weight is 552 g/mol. The average Bonchev–Trinajstić information content (AvgIpc) is 3.32. The van der Waals surface area contributed by atoms with Crippen molar-refractivity contribution in [2.75, 3.05) is 39.4 Å². The Morgan fingerprint density at radius 1 is 1.13 bits per heavy atom. The number of hydrazine groups is 1. The minimum absolute atomic E-state index is 0.0357. The van der Waals surface area contributed by atoms with Gasteiger partial charge < -0.3 is 20.1 Å². The summed E-state index contributed by atoms with van der Waals surface area (Å²) in [6.07, 6.45) is 2.05. The van der Waals surface area contributed by atoms with Crippen molar-refractivity contribution in [3.63, 3.8) is 0 Å². The summed E-state index contributed by atoms with van der Waals surface area (Å²) in [6.45, 7) is 14.0. The van der Waals surface area contributed by atoms with Crippen molar-refractivity contribution in [3.8, 4) is 0 Å². The first kappa shape index (κ1) is 34.5. The van der Waals surface area contributed by atoms with Gasteiger partial charge in [0.05, 0.1) is 0 Å². The number of hydrogen-bond acceptors (Lipinski definition) is 9. The topological polar surface area (TPSA) is 132 Å². The molecule has 11 nitrogen and oxygen atoms in total. The molecule has 222 valence electrons. The molecule has 2 atom stereocenters. The van der Waals surface area contributed by atoms with Crippen LogP contribution in [0, 0.1) is 0 Å². The van der Waals surface area contributed by atoms with E-state index in [0.717, 1.165) is 18.4 Å². The van der Waals surface area contributed by atoms with E-state index in [4.69, 9.17) is 14.7 Å². The zero-order valence-electron chi connectivity index (χ0n) is 24.5. The van der Waals surface area contributed by atoms with Crippen LogP contribution in [0.25, 0.3) is 0 Å². The lowest BCUT2D eigenvalue weighted by Gasteiger charge is -2.47. The van der Waals surface area contributed by atoms with Gasteiger partial charge >= 0.3 is 5.97 Å². The molecule has 1 aromatic carbocycles. The summed E-state index contributed by atoms with van der Waals surface area (Å²) in [4.78, 5) is 46.9. The maximum Gasteiger partial charge on any atom is 0.324 e. The molecule has 0 radical (unpaired) electrons. The van der Waals surface area contributed by atoms with Gasteiger partial charge in [-0.15, -0.1) is 5.59 Å². The third kappa shape index (κ3) is 10.5. The van der Waals surface area contributed by atoms with Crippen LogP contribution in [0.15, 0.2) is 30.3 Å².